The second kappa shape index (κ2) is 7.77. The zero-order valence-corrected chi connectivity index (χ0v) is 10.3. The number of rotatable bonds is 5. The van der Waals surface area contributed by atoms with Crippen LogP contribution >= 0.6 is 0 Å². The van der Waals surface area contributed by atoms with E-state index in [2.05, 4.69) is 24.1 Å². The minimum Gasteiger partial charge on any atom is -0.313 e. The van der Waals surface area contributed by atoms with Gasteiger partial charge < -0.3 is 5.32 Å². The Hall–Kier alpha value is -0.480. The predicted molar refractivity (Wildman–Crippen MR) is 66.7 cm³/mol. The number of hydrogen-bond acceptors (Lipinski definition) is 1. The molecule has 0 aliphatic heterocycles. The summed E-state index contributed by atoms with van der Waals surface area (Å²) in [7, 11) is 0. The van der Waals surface area contributed by atoms with Crippen LogP contribution in [-0.4, -0.2) is 12.6 Å². The van der Waals surface area contributed by atoms with Crippen molar-refractivity contribution in [2.75, 3.05) is 6.54 Å². The molecule has 86 valence electrons. The van der Waals surface area contributed by atoms with Crippen LogP contribution in [0.2, 0.25) is 0 Å². The van der Waals surface area contributed by atoms with Crippen molar-refractivity contribution >= 4 is 0 Å². The van der Waals surface area contributed by atoms with Crippen LogP contribution in [0.15, 0.2) is 0 Å². The first-order chi connectivity index (χ1) is 7.38. The highest BCUT2D eigenvalue weighted by Gasteiger charge is 2.21. The van der Waals surface area contributed by atoms with E-state index in [0.717, 1.165) is 24.9 Å². The Morgan fingerprint density at radius 3 is 2.60 bits per heavy atom. The van der Waals surface area contributed by atoms with E-state index in [1.807, 2.05) is 6.92 Å². The van der Waals surface area contributed by atoms with E-state index in [9.17, 15) is 0 Å². The van der Waals surface area contributed by atoms with Gasteiger partial charge in [0.15, 0.2) is 0 Å². The molecule has 1 heteroatoms. The molecule has 1 nitrogen and oxygen atoms in total. The fourth-order valence-corrected chi connectivity index (χ4v) is 2.63. The molecular formula is C14H25N. The zero-order valence-electron chi connectivity index (χ0n) is 10.3. The van der Waals surface area contributed by atoms with E-state index in [0.29, 0.717) is 0 Å². The first-order valence-electron chi connectivity index (χ1n) is 6.51. The molecule has 0 aromatic carbocycles. The summed E-state index contributed by atoms with van der Waals surface area (Å²) in [5.41, 5.74) is 0. The summed E-state index contributed by atoms with van der Waals surface area (Å²) >= 11 is 0. The fourth-order valence-electron chi connectivity index (χ4n) is 2.63. The van der Waals surface area contributed by atoms with Gasteiger partial charge >= 0.3 is 0 Å². The molecular weight excluding hydrogens is 182 g/mol. The largest absolute Gasteiger partial charge is 0.313 e. The van der Waals surface area contributed by atoms with Crippen LogP contribution in [-0.2, 0) is 0 Å². The Kier molecular flexibility index (Phi) is 6.52. The van der Waals surface area contributed by atoms with Crippen LogP contribution < -0.4 is 5.32 Å². The first-order valence-corrected chi connectivity index (χ1v) is 6.51. The highest BCUT2D eigenvalue weighted by molar-refractivity contribution is 4.95. The summed E-state index contributed by atoms with van der Waals surface area (Å²) in [6, 6.07) is 0.740. The van der Waals surface area contributed by atoms with Crippen LogP contribution in [0, 0.1) is 17.8 Å². The van der Waals surface area contributed by atoms with Gasteiger partial charge in [-0.25, -0.2) is 0 Å². The van der Waals surface area contributed by atoms with E-state index < -0.39 is 0 Å². The summed E-state index contributed by atoms with van der Waals surface area (Å²) in [6.07, 6.45) is 9.48. The van der Waals surface area contributed by atoms with Gasteiger partial charge in [0.1, 0.15) is 0 Å². The van der Waals surface area contributed by atoms with Gasteiger partial charge in [-0.05, 0) is 32.1 Å². The standard InChI is InChI=1S/C14H25N/c1-3-5-9-12-15-14(4-2)13-10-7-6-8-11-13/h13-15H,4,6-12H2,1-2H3. The first kappa shape index (κ1) is 12.6. The predicted octanol–water partition coefficient (Wildman–Crippen LogP) is 3.35. The van der Waals surface area contributed by atoms with Gasteiger partial charge in [0, 0.05) is 19.0 Å². The Balaban J connectivity index is 2.23. The Labute approximate surface area is 95.0 Å². The normalized spacial score (nSPS) is 19.3. The van der Waals surface area contributed by atoms with Crippen molar-refractivity contribution in [3.8, 4) is 11.8 Å². The van der Waals surface area contributed by atoms with Gasteiger partial charge in [-0.3, -0.25) is 0 Å². The quantitative estimate of drug-likeness (QED) is 0.538. The summed E-state index contributed by atoms with van der Waals surface area (Å²) in [5, 5.41) is 3.67. The SMILES string of the molecule is CC#CCCNC(CC)C1CCCCC1. The van der Waals surface area contributed by atoms with Crippen LogP contribution in [0.1, 0.15) is 58.8 Å². The summed E-state index contributed by atoms with van der Waals surface area (Å²) < 4.78 is 0. The molecule has 1 atom stereocenters. The Morgan fingerprint density at radius 2 is 2.00 bits per heavy atom. The van der Waals surface area contributed by atoms with Crippen molar-refractivity contribution in [2.24, 2.45) is 5.92 Å². The molecule has 1 unspecified atom stereocenters. The van der Waals surface area contributed by atoms with Gasteiger partial charge in [0.05, 0.1) is 0 Å². The van der Waals surface area contributed by atoms with Gasteiger partial charge in [-0.15, -0.1) is 11.8 Å². The molecule has 0 saturated heterocycles. The van der Waals surface area contributed by atoms with Gasteiger partial charge in [-0.2, -0.15) is 0 Å². The van der Waals surface area contributed by atoms with Gasteiger partial charge in [0.25, 0.3) is 0 Å². The third-order valence-electron chi connectivity index (χ3n) is 3.49. The molecule has 15 heavy (non-hydrogen) atoms. The summed E-state index contributed by atoms with van der Waals surface area (Å²) in [6.45, 7) is 5.28. The molecule has 0 aromatic rings. The molecule has 0 amide bonds. The molecule has 0 aromatic heterocycles. The van der Waals surface area contributed by atoms with Crippen molar-refractivity contribution in [1.82, 2.24) is 5.32 Å². The summed E-state index contributed by atoms with van der Waals surface area (Å²) in [5.74, 6) is 7.00. The van der Waals surface area contributed by atoms with Crippen molar-refractivity contribution in [1.29, 1.82) is 0 Å². The molecule has 1 fully saturated rings. The van der Waals surface area contributed by atoms with Crippen LogP contribution in [0.5, 0.6) is 0 Å². The second-order valence-corrected chi connectivity index (χ2v) is 4.54. The fraction of sp³-hybridized carbons (Fsp3) is 0.857. The lowest BCUT2D eigenvalue weighted by atomic mass is 9.83. The van der Waals surface area contributed by atoms with Gasteiger partial charge in [-0.1, -0.05) is 26.2 Å². The zero-order chi connectivity index (χ0) is 10.9. The third-order valence-corrected chi connectivity index (χ3v) is 3.49. The smallest absolute Gasteiger partial charge is 0.0214 e. The molecule has 0 spiro atoms. The Morgan fingerprint density at radius 1 is 1.27 bits per heavy atom. The highest BCUT2D eigenvalue weighted by atomic mass is 14.9. The number of nitrogens with one attached hydrogen (secondary N) is 1. The lowest BCUT2D eigenvalue weighted by Gasteiger charge is -2.30. The minimum atomic E-state index is 0.740. The average Bonchev–Trinajstić information content (AvgIpc) is 2.30. The molecule has 1 aliphatic rings. The molecule has 0 heterocycles. The van der Waals surface area contributed by atoms with Crippen molar-refractivity contribution in [2.45, 2.75) is 64.8 Å². The number of hydrogen-bond donors (Lipinski definition) is 1. The minimum absolute atomic E-state index is 0.740. The van der Waals surface area contributed by atoms with Crippen LogP contribution in [0.25, 0.3) is 0 Å². The molecule has 0 radical (unpaired) electrons. The third kappa shape index (κ3) is 4.71. The second-order valence-electron chi connectivity index (χ2n) is 4.54. The Bertz CT molecular complexity index is 205. The van der Waals surface area contributed by atoms with Crippen molar-refractivity contribution in [3.63, 3.8) is 0 Å². The highest BCUT2D eigenvalue weighted by Crippen LogP contribution is 2.27. The van der Waals surface area contributed by atoms with Gasteiger partial charge in [0.2, 0.25) is 0 Å². The lowest BCUT2D eigenvalue weighted by molar-refractivity contribution is 0.264. The van der Waals surface area contributed by atoms with E-state index in [4.69, 9.17) is 0 Å². The van der Waals surface area contributed by atoms with Crippen molar-refractivity contribution in [3.05, 3.63) is 0 Å². The topological polar surface area (TPSA) is 12.0 Å². The molecule has 1 N–H and O–H groups in total. The van der Waals surface area contributed by atoms with Crippen LogP contribution in [0.3, 0.4) is 0 Å². The molecule has 1 saturated carbocycles. The monoisotopic (exact) mass is 207 g/mol. The molecule has 1 rings (SSSR count). The maximum Gasteiger partial charge on any atom is 0.0214 e. The van der Waals surface area contributed by atoms with E-state index in [-0.39, 0.29) is 0 Å². The maximum atomic E-state index is 3.67. The van der Waals surface area contributed by atoms with Crippen LogP contribution in [0.4, 0.5) is 0 Å². The average molecular weight is 207 g/mol. The van der Waals surface area contributed by atoms with E-state index in [1.165, 1.54) is 38.5 Å². The molecule has 1 aliphatic carbocycles. The summed E-state index contributed by atoms with van der Waals surface area (Å²) in [4.78, 5) is 0. The van der Waals surface area contributed by atoms with E-state index >= 15 is 0 Å². The van der Waals surface area contributed by atoms with Crippen molar-refractivity contribution < 1.29 is 0 Å². The lowest BCUT2D eigenvalue weighted by Crippen LogP contribution is -2.37. The maximum absolute atomic E-state index is 3.67. The molecule has 0 bridgehead atoms. The van der Waals surface area contributed by atoms with E-state index in [1.54, 1.807) is 0 Å².